The lowest BCUT2D eigenvalue weighted by Crippen LogP contribution is -2.14. The zero-order chi connectivity index (χ0) is 17.7. The SMILES string of the molecule is CC[C@@H](C)Oc1ccc(C(=O)Nc2cccc(C(=O)O)c2C)cc1. The Balaban J connectivity index is 2.13. The predicted octanol–water partition coefficient (Wildman–Crippen LogP) is 4.12. The van der Waals surface area contributed by atoms with Crippen LogP contribution in [-0.4, -0.2) is 23.1 Å². The van der Waals surface area contributed by atoms with E-state index >= 15 is 0 Å². The molecule has 0 aliphatic rings. The van der Waals surface area contributed by atoms with Crippen LogP contribution in [0.2, 0.25) is 0 Å². The number of rotatable bonds is 6. The molecule has 0 fully saturated rings. The third-order valence-corrected chi connectivity index (χ3v) is 3.84. The second-order valence-corrected chi connectivity index (χ2v) is 5.60. The topological polar surface area (TPSA) is 75.6 Å². The Morgan fingerprint density at radius 2 is 1.83 bits per heavy atom. The monoisotopic (exact) mass is 327 g/mol. The molecule has 0 aromatic heterocycles. The molecule has 126 valence electrons. The number of amides is 1. The van der Waals surface area contributed by atoms with Gasteiger partial charge in [0.25, 0.3) is 5.91 Å². The molecule has 2 N–H and O–H groups in total. The van der Waals surface area contributed by atoms with E-state index in [9.17, 15) is 9.59 Å². The van der Waals surface area contributed by atoms with Gasteiger partial charge in [0.1, 0.15) is 5.75 Å². The smallest absolute Gasteiger partial charge is 0.336 e. The summed E-state index contributed by atoms with van der Waals surface area (Å²) in [6.45, 7) is 5.70. The lowest BCUT2D eigenvalue weighted by Gasteiger charge is -2.13. The number of hydrogen-bond donors (Lipinski definition) is 2. The van der Waals surface area contributed by atoms with Gasteiger partial charge in [-0.1, -0.05) is 13.0 Å². The van der Waals surface area contributed by atoms with Crippen LogP contribution in [0.3, 0.4) is 0 Å². The standard InChI is InChI=1S/C19H21NO4/c1-4-12(2)24-15-10-8-14(9-11-15)18(21)20-17-7-5-6-16(13(17)3)19(22)23/h5-12H,4H2,1-3H3,(H,20,21)(H,22,23)/t12-/m1/s1. The first-order chi connectivity index (χ1) is 11.4. The van der Waals surface area contributed by atoms with Gasteiger partial charge in [0.2, 0.25) is 0 Å². The molecule has 2 rings (SSSR count). The van der Waals surface area contributed by atoms with E-state index in [4.69, 9.17) is 9.84 Å². The van der Waals surface area contributed by atoms with Gasteiger partial charge in [0.05, 0.1) is 11.7 Å². The van der Waals surface area contributed by atoms with Crippen molar-refractivity contribution in [3.63, 3.8) is 0 Å². The molecule has 0 saturated heterocycles. The number of anilines is 1. The fourth-order valence-corrected chi connectivity index (χ4v) is 2.20. The summed E-state index contributed by atoms with van der Waals surface area (Å²) in [6.07, 6.45) is 1.02. The van der Waals surface area contributed by atoms with E-state index in [0.29, 0.717) is 22.6 Å². The van der Waals surface area contributed by atoms with Gasteiger partial charge in [-0.15, -0.1) is 0 Å². The predicted molar refractivity (Wildman–Crippen MR) is 92.9 cm³/mol. The number of carboxylic acid groups (broad SMARTS) is 1. The van der Waals surface area contributed by atoms with Crippen molar-refractivity contribution in [1.29, 1.82) is 0 Å². The number of carboxylic acids is 1. The summed E-state index contributed by atoms with van der Waals surface area (Å²) in [5, 5.41) is 11.9. The van der Waals surface area contributed by atoms with Crippen LogP contribution in [0.1, 0.15) is 46.5 Å². The number of nitrogens with one attached hydrogen (secondary N) is 1. The lowest BCUT2D eigenvalue weighted by atomic mass is 10.1. The van der Waals surface area contributed by atoms with Gasteiger partial charge in [-0.05, 0) is 62.2 Å². The highest BCUT2D eigenvalue weighted by atomic mass is 16.5. The summed E-state index contributed by atoms with van der Waals surface area (Å²) in [4.78, 5) is 23.5. The molecule has 0 heterocycles. The molecule has 1 atom stereocenters. The third-order valence-electron chi connectivity index (χ3n) is 3.84. The molecule has 1 amide bonds. The molecule has 0 saturated carbocycles. The molecule has 2 aromatic rings. The van der Waals surface area contributed by atoms with Crippen LogP contribution in [-0.2, 0) is 0 Å². The van der Waals surface area contributed by atoms with Crippen molar-refractivity contribution < 1.29 is 19.4 Å². The van der Waals surface area contributed by atoms with E-state index in [1.165, 1.54) is 6.07 Å². The van der Waals surface area contributed by atoms with Crippen molar-refractivity contribution in [3.05, 3.63) is 59.2 Å². The summed E-state index contributed by atoms with van der Waals surface area (Å²) in [5.41, 5.74) is 1.66. The maximum absolute atomic E-state index is 12.3. The van der Waals surface area contributed by atoms with Gasteiger partial charge in [-0.3, -0.25) is 4.79 Å². The highest BCUT2D eigenvalue weighted by Gasteiger charge is 2.13. The van der Waals surface area contributed by atoms with Crippen LogP contribution >= 0.6 is 0 Å². The fourth-order valence-electron chi connectivity index (χ4n) is 2.20. The number of carbonyl (C=O) groups is 2. The molecule has 0 aliphatic carbocycles. The van der Waals surface area contributed by atoms with Crippen molar-refractivity contribution in [1.82, 2.24) is 0 Å². The van der Waals surface area contributed by atoms with Crippen molar-refractivity contribution in [3.8, 4) is 5.75 Å². The molecule has 5 nitrogen and oxygen atoms in total. The number of hydrogen-bond acceptors (Lipinski definition) is 3. The Kier molecular flexibility index (Phi) is 5.58. The molecule has 0 bridgehead atoms. The molecule has 2 aromatic carbocycles. The highest BCUT2D eigenvalue weighted by Crippen LogP contribution is 2.21. The zero-order valence-electron chi connectivity index (χ0n) is 14.0. The number of aromatic carboxylic acids is 1. The van der Waals surface area contributed by atoms with Crippen LogP contribution in [0.5, 0.6) is 5.75 Å². The van der Waals surface area contributed by atoms with Crippen LogP contribution in [0.15, 0.2) is 42.5 Å². The average Bonchev–Trinajstić information content (AvgIpc) is 2.57. The molecular formula is C19H21NO4. The maximum atomic E-state index is 12.3. The molecule has 0 radical (unpaired) electrons. The molecule has 0 spiro atoms. The molecule has 0 aliphatic heterocycles. The van der Waals surface area contributed by atoms with Crippen molar-refractivity contribution in [2.75, 3.05) is 5.32 Å². The van der Waals surface area contributed by atoms with Crippen LogP contribution in [0, 0.1) is 6.92 Å². The summed E-state index contributed by atoms with van der Waals surface area (Å²) in [6, 6.07) is 11.7. The normalized spacial score (nSPS) is 11.6. The van der Waals surface area contributed by atoms with Crippen molar-refractivity contribution in [2.45, 2.75) is 33.3 Å². The average molecular weight is 327 g/mol. The minimum Gasteiger partial charge on any atom is -0.491 e. The minimum atomic E-state index is -1.02. The minimum absolute atomic E-state index is 0.117. The largest absolute Gasteiger partial charge is 0.491 e. The zero-order valence-corrected chi connectivity index (χ0v) is 14.0. The van der Waals surface area contributed by atoms with E-state index in [0.717, 1.165) is 6.42 Å². The van der Waals surface area contributed by atoms with Gasteiger partial charge in [0.15, 0.2) is 0 Å². The van der Waals surface area contributed by atoms with E-state index in [2.05, 4.69) is 5.32 Å². The Morgan fingerprint density at radius 3 is 2.42 bits per heavy atom. The van der Waals surface area contributed by atoms with E-state index < -0.39 is 5.97 Å². The Hall–Kier alpha value is -2.82. The van der Waals surface area contributed by atoms with Crippen LogP contribution in [0.25, 0.3) is 0 Å². The van der Waals surface area contributed by atoms with Gasteiger partial charge in [-0.2, -0.15) is 0 Å². The third kappa shape index (κ3) is 4.13. The van der Waals surface area contributed by atoms with Gasteiger partial charge >= 0.3 is 5.97 Å². The van der Waals surface area contributed by atoms with E-state index in [1.54, 1.807) is 43.3 Å². The van der Waals surface area contributed by atoms with Crippen molar-refractivity contribution in [2.24, 2.45) is 0 Å². The first-order valence-electron chi connectivity index (χ1n) is 7.83. The van der Waals surface area contributed by atoms with E-state index in [1.807, 2.05) is 13.8 Å². The summed E-state index contributed by atoms with van der Waals surface area (Å²) >= 11 is 0. The summed E-state index contributed by atoms with van der Waals surface area (Å²) in [7, 11) is 0. The summed E-state index contributed by atoms with van der Waals surface area (Å²) in [5.74, 6) is -0.601. The first kappa shape index (κ1) is 17.5. The van der Waals surface area contributed by atoms with Gasteiger partial charge in [-0.25, -0.2) is 4.79 Å². The Bertz CT molecular complexity index is 738. The highest BCUT2D eigenvalue weighted by molar-refractivity contribution is 6.05. The number of benzene rings is 2. The second kappa shape index (κ2) is 7.64. The number of carbonyl (C=O) groups excluding carboxylic acids is 1. The Morgan fingerprint density at radius 1 is 1.17 bits per heavy atom. The quantitative estimate of drug-likeness (QED) is 0.836. The van der Waals surface area contributed by atoms with E-state index in [-0.39, 0.29) is 17.6 Å². The molecule has 5 heteroatoms. The van der Waals surface area contributed by atoms with Crippen molar-refractivity contribution >= 4 is 17.6 Å². The van der Waals surface area contributed by atoms with Crippen LogP contribution < -0.4 is 10.1 Å². The summed E-state index contributed by atoms with van der Waals surface area (Å²) < 4.78 is 5.68. The second-order valence-electron chi connectivity index (χ2n) is 5.60. The van der Waals surface area contributed by atoms with Crippen LogP contribution in [0.4, 0.5) is 5.69 Å². The molecule has 24 heavy (non-hydrogen) atoms. The molecular weight excluding hydrogens is 306 g/mol. The fraction of sp³-hybridized carbons (Fsp3) is 0.263. The van der Waals surface area contributed by atoms with Gasteiger partial charge in [0, 0.05) is 11.3 Å². The molecule has 0 unspecified atom stereocenters. The number of ether oxygens (including phenoxy) is 1. The lowest BCUT2D eigenvalue weighted by molar-refractivity contribution is 0.0695. The first-order valence-corrected chi connectivity index (χ1v) is 7.83. The maximum Gasteiger partial charge on any atom is 0.336 e. The Labute approximate surface area is 141 Å². The van der Waals surface area contributed by atoms with Gasteiger partial charge < -0.3 is 15.2 Å².